The van der Waals surface area contributed by atoms with Crippen LogP contribution in [0.25, 0.3) is 0 Å². The van der Waals surface area contributed by atoms with Gasteiger partial charge in [0, 0.05) is 36.1 Å². The van der Waals surface area contributed by atoms with Crippen molar-refractivity contribution in [3.05, 3.63) is 23.8 Å². The number of carbonyl (C=O) groups excluding carboxylic acids is 1. The van der Waals surface area contributed by atoms with Crippen LogP contribution in [0.15, 0.2) is 18.2 Å². The van der Waals surface area contributed by atoms with E-state index in [2.05, 4.69) is 17.1 Å². The summed E-state index contributed by atoms with van der Waals surface area (Å²) in [6, 6.07) is 6.35. The number of nitrogens with one attached hydrogen (secondary N) is 1. The number of anilines is 2. The predicted molar refractivity (Wildman–Crippen MR) is 79.6 cm³/mol. The molecule has 19 heavy (non-hydrogen) atoms. The Bertz CT molecular complexity index is 455. The normalized spacial score (nSPS) is 14.7. The zero-order chi connectivity index (χ0) is 13.8. The number of ketones is 1. The fraction of sp³-hybridized carbons (Fsp3) is 0.533. The molecule has 0 unspecified atom stereocenters. The SMILES string of the molecule is CCN(CCNc1ccc(N)c(C(C)=O)c1)C1CC1. The van der Waals surface area contributed by atoms with Crippen molar-refractivity contribution in [2.45, 2.75) is 32.7 Å². The third kappa shape index (κ3) is 3.70. The van der Waals surface area contributed by atoms with Crippen LogP contribution in [0, 0.1) is 0 Å². The Hall–Kier alpha value is -1.55. The monoisotopic (exact) mass is 261 g/mol. The highest BCUT2D eigenvalue weighted by molar-refractivity contribution is 5.99. The number of benzene rings is 1. The summed E-state index contributed by atoms with van der Waals surface area (Å²) in [5.41, 5.74) is 7.89. The Labute approximate surface area is 115 Å². The Morgan fingerprint density at radius 3 is 2.79 bits per heavy atom. The highest BCUT2D eigenvalue weighted by atomic mass is 16.1. The summed E-state index contributed by atoms with van der Waals surface area (Å²) in [5.74, 6) is 0.00863. The van der Waals surface area contributed by atoms with Gasteiger partial charge < -0.3 is 11.1 Å². The molecule has 0 spiro atoms. The highest BCUT2D eigenvalue weighted by Gasteiger charge is 2.27. The van der Waals surface area contributed by atoms with Gasteiger partial charge in [0.25, 0.3) is 0 Å². The van der Waals surface area contributed by atoms with E-state index in [0.717, 1.165) is 31.4 Å². The van der Waals surface area contributed by atoms with Gasteiger partial charge in [-0.1, -0.05) is 6.92 Å². The number of likely N-dealkylation sites (N-methyl/N-ethyl adjacent to an activating group) is 1. The molecule has 1 aromatic rings. The summed E-state index contributed by atoms with van der Waals surface area (Å²) in [5, 5.41) is 3.37. The number of nitrogens with zero attached hydrogens (tertiary/aromatic N) is 1. The van der Waals surface area contributed by atoms with Gasteiger partial charge in [-0.05, 0) is 44.5 Å². The lowest BCUT2D eigenvalue weighted by atomic mass is 10.1. The molecule has 0 bridgehead atoms. The van der Waals surface area contributed by atoms with Crippen LogP contribution in [0.1, 0.15) is 37.0 Å². The maximum Gasteiger partial charge on any atom is 0.161 e. The lowest BCUT2D eigenvalue weighted by Gasteiger charge is -2.20. The molecule has 0 aliphatic heterocycles. The molecule has 3 N–H and O–H groups in total. The van der Waals surface area contributed by atoms with Crippen LogP contribution in [0.5, 0.6) is 0 Å². The third-order valence-corrected chi connectivity index (χ3v) is 3.63. The summed E-state index contributed by atoms with van der Waals surface area (Å²) < 4.78 is 0. The van der Waals surface area contributed by atoms with Crippen molar-refractivity contribution < 1.29 is 4.79 Å². The number of carbonyl (C=O) groups is 1. The van der Waals surface area contributed by atoms with Gasteiger partial charge in [0.05, 0.1) is 0 Å². The molecule has 1 aliphatic carbocycles. The summed E-state index contributed by atoms with van der Waals surface area (Å²) in [7, 11) is 0. The molecule has 0 amide bonds. The van der Waals surface area contributed by atoms with Crippen molar-refractivity contribution in [2.24, 2.45) is 0 Å². The lowest BCUT2D eigenvalue weighted by Crippen LogP contribution is -2.30. The minimum atomic E-state index is 0.00863. The molecule has 0 saturated heterocycles. The first-order valence-electron chi connectivity index (χ1n) is 7.00. The van der Waals surface area contributed by atoms with Crippen LogP contribution in [-0.4, -0.2) is 36.4 Å². The molecule has 104 valence electrons. The van der Waals surface area contributed by atoms with E-state index < -0.39 is 0 Å². The Morgan fingerprint density at radius 1 is 1.47 bits per heavy atom. The molecule has 1 aliphatic rings. The number of nitrogen functional groups attached to an aromatic ring is 1. The van der Waals surface area contributed by atoms with E-state index >= 15 is 0 Å². The molecule has 4 nitrogen and oxygen atoms in total. The summed E-state index contributed by atoms with van der Waals surface area (Å²) in [6.45, 7) is 6.79. The number of nitrogens with two attached hydrogens (primary N) is 1. The van der Waals surface area contributed by atoms with Crippen molar-refractivity contribution in [3.8, 4) is 0 Å². The van der Waals surface area contributed by atoms with Crippen LogP contribution in [0.2, 0.25) is 0 Å². The van der Waals surface area contributed by atoms with Gasteiger partial charge in [-0.3, -0.25) is 9.69 Å². The molecule has 4 heteroatoms. The Kier molecular flexibility index (Phi) is 4.43. The summed E-state index contributed by atoms with van der Waals surface area (Å²) in [6.07, 6.45) is 2.67. The molecule has 1 saturated carbocycles. The van der Waals surface area contributed by atoms with Crippen molar-refractivity contribution in [1.29, 1.82) is 0 Å². The summed E-state index contributed by atoms with van der Waals surface area (Å²) >= 11 is 0. The largest absolute Gasteiger partial charge is 0.398 e. The average molecular weight is 261 g/mol. The minimum absolute atomic E-state index is 0.00863. The molecule has 2 rings (SSSR count). The lowest BCUT2D eigenvalue weighted by molar-refractivity contribution is 0.101. The van der Waals surface area contributed by atoms with Crippen LogP contribution in [-0.2, 0) is 0 Å². The van der Waals surface area contributed by atoms with Crippen molar-refractivity contribution in [2.75, 3.05) is 30.7 Å². The molecule has 1 aromatic carbocycles. The maximum absolute atomic E-state index is 11.4. The van der Waals surface area contributed by atoms with E-state index in [-0.39, 0.29) is 5.78 Å². The summed E-state index contributed by atoms with van der Waals surface area (Å²) in [4.78, 5) is 13.9. The van der Waals surface area contributed by atoms with Crippen LogP contribution in [0.3, 0.4) is 0 Å². The second-order valence-corrected chi connectivity index (χ2v) is 5.14. The number of hydrogen-bond acceptors (Lipinski definition) is 4. The van der Waals surface area contributed by atoms with Gasteiger partial charge >= 0.3 is 0 Å². The van der Waals surface area contributed by atoms with E-state index in [4.69, 9.17) is 5.73 Å². The van der Waals surface area contributed by atoms with Crippen molar-refractivity contribution in [3.63, 3.8) is 0 Å². The topological polar surface area (TPSA) is 58.4 Å². The quantitative estimate of drug-likeness (QED) is 0.584. The first-order chi connectivity index (χ1) is 9.11. The zero-order valence-electron chi connectivity index (χ0n) is 11.8. The molecule has 1 fully saturated rings. The van der Waals surface area contributed by atoms with Gasteiger partial charge in [0.1, 0.15) is 0 Å². The third-order valence-electron chi connectivity index (χ3n) is 3.63. The smallest absolute Gasteiger partial charge is 0.161 e. The Balaban J connectivity index is 1.88. The zero-order valence-corrected chi connectivity index (χ0v) is 11.8. The predicted octanol–water partition coefficient (Wildman–Crippen LogP) is 2.37. The van der Waals surface area contributed by atoms with Crippen LogP contribution >= 0.6 is 0 Å². The van der Waals surface area contributed by atoms with E-state index in [9.17, 15) is 4.79 Å². The van der Waals surface area contributed by atoms with Crippen molar-refractivity contribution >= 4 is 17.2 Å². The average Bonchev–Trinajstić information content (AvgIpc) is 3.20. The molecule has 0 radical (unpaired) electrons. The fourth-order valence-corrected chi connectivity index (χ4v) is 2.35. The number of rotatable bonds is 7. The van der Waals surface area contributed by atoms with Crippen LogP contribution < -0.4 is 11.1 Å². The second kappa shape index (κ2) is 6.06. The first-order valence-corrected chi connectivity index (χ1v) is 7.00. The van der Waals surface area contributed by atoms with Gasteiger partial charge in [-0.2, -0.15) is 0 Å². The van der Waals surface area contributed by atoms with Gasteiger partial charge in [0.2, 0.25) is 0 Å². The fourth-order valence-electron chi connectivity index (χ4n) is 2.35. The Morgan fingerprint density at radius 2 is 2.21 bits per heavy atom. The minimum Gasteiger partial charge on any atom is -0.398 e. The molecular weight excluding hydrogens is 238 g/mol. The van der Waals surface area contributed by atoms with Crippen molar-refractivity contribution in [1.82, 2.24) is 4.90 Å². The highest BCUT2D eigenvalue weighted by Crippen LogP contribution is 2.26. The molecule has 0 heterocycles. The van der Waals surface area contributed by atoms with Gasteiger partial charge in [0.15, 0.2) is 5.78 Å². The maximum atomic E-state index is 11.4. The number of hydrogen-bond donors (Lipinski definition) is 2. The number of Topliss-reactive ketones (excluding diaryl/α,β-unsaturated/α-hetero) is 1. The molecular formula is C15H23N3O. The molecule has 0 aromatic heterocycles. The van der Waals surface area contributed by atoms with Gasteiger partial charge in [-0.25, -0.2) is 0 Å². The van der Waals surface area contributed by atoms with E-state index in [1.165, 1.54) is 12.8 Å². The molecule has 0 atom stereocenters. The second-order valence-electron chi connectivity index (χ2n) is 5.14. The standard InChI is InChI=1S/C15H23N3O/c1-3-18(13-5-6-13)9-8-17-12-4-7-15(16)14(10-12)11(2)19/h4,7,10,13,17H,3,5-6,8-9,16H2,1-2H3. The first kappa shape index (κ1) is 13.9. The van der Waals surface area contributed by atoms with Crippen LogP contribution in [0.4, 0.5) is 11.4 Å². The van der Waals surface area contributed by atoms with E-state index in [0.29, 0.717) is 11.3 Å². The van der Waals surface area contributed by atoms with E-state index in [1.807, 2.05) is 12.1 Å². The van der Waals surface area contributed by atoms with E-state index in [1.54, 1.807) is 13.0 Å². The van der Waals surface area contributed by atoms with Gasteiger partial charge in [-0.15, -0.1) is 0 Å².